The number of pyridine rings is 3. The fourth-order valence-corrected chi connectivity index (χ4v) is 11.6. The van der Waals surface area contributed by atoms with Gasteiger partial charge in [-0.25, -0.2) is 0 Å². The Balaban J connectivity index is 0.000000152. The van der Waals surface area contributed by atoms with Gasteiger partial charge in [0, 0.05) is 66.2 Å². The first kappa shape index (κ1) is 47.7. The third-order valence-electron chi connectivity index (χ3n) is 13.5. The average Bonchev–Trinajstić information content (AvgIpc) is 3.76. The van der Waals surface area contributed by atoms with Crippen molar-refractivity contribution in [2.24, 2.45) is 0 Å². The fourth-order valence-electron chi connectivity index (χ4n) is 9.95. The summed E-state index contributed by atoms with van der Waals surface area (Å²) < 4.78 is 6.78. The molecule has 0 bridgehead atoms. The molecule has 0 amide bonds. The van der Waals surface area contributed by atoms with Crippen molar-refractivity contribution >= 4 is 35.2 Å². The van der Waals surface area contributed by atoms with Crippen molar-refractivity contribution in [3.63, 3.8) is 0 Å². The Labute approximate surface area is 412 Å². The van der Waals surface area contributed by atoms with Crippen molar-refractivity contribution in [3.05, 3.63) is 191 Å². The van der Waals surface area contributed by atoms with Crippen molar-refractivity contribution in [3.8, 4) is 44.9 Å². The summed E-state index contributed by atoms with van der Waals surface area (Å²) in [4.78, 5) is 13.9. The van der Waals surface area contributed by atoms with E-state index >= 15 is 0 Å². The van der Waals surface area contributed by atoms with E-state index in [1.807, 2.05) is 36.7 Å². The van der Waals surface area contributed by atoms with Crippen LogP contribution in [0.1, 0.15) is 85.8 Å². The molecule has 9 aromatic rings. The van der Waals surface area contributed by atoms with Crippen LogP contribution in [0.3, 0.4) is 0 Å². The zero-order valence-corrected chi connectivity index (χ0v) is 43.4. The van der Waals surface area contributed by atoms with Gasteiger partial charge in [0.15, 0.2) is 0 Å². The van der Waals surface area contributed by atoms with Gasteiger partial charge in [-0.2, -0.15) is 0 Å². The molecule has 5 aromatic carbocycles. The van der Waals surface area contributed by atoms with Crippen molar-refractivity contribution in [1.29, 1.82) is 0 Å². The molecule has 11 rings (SSSR count). The van der Waals surface area contributed by atoms with E-state index in [4.69, 9.17) is 14.4 Å². The van der Waals surface area contributed by atoms with Gasteiger partial charge < -0.3 is 4.42 Å². The third kappa shape index (κ3) is 10.5. The van der Waals surface area contributed by atoms with E-state index in [0.29, 0.717) is 5.92 Å². The summed E-state index contributed by atoms with van der Waals surface area (Å²) in [6.45, 7) is 13.9. The Kier molecular flexibility index (Phi) is 15.3. The van der Waals surface area contributed by atoms with E-state index in [0.717, 1.165) is 65.9 Å². The van der Waals surface area contributed by atoms with E-state index in [2.05, 4.69) is 167 Å². The van der Waals surface area contributed by atoms with Crippen molar-refractivity contribution < 1.29 is 24.5 Å². The molecule has 0 fully saturated rings. The van der Waals surface area contributed by atoms with Gasteiger partial charge in [-0.05, 0) is 150 Å². The molecule has 4 nitrogen and oxygen atoms in total. The van der Waals surface area contributed by atoms with Gasteiger partial charge in [-0.15, -0.1) is 0 Å². The molecule has 0 aliphatic heterocycles. The molecule has 6 heteroatoms. The Morgan fingerprint density at radius 3 is 1.78 bits per heavy atom. The van der Waals surface area contributed by atoms with Crippen molar-refractivity contribution in [1.82, 2.24) is 15.0 Å². The number of furan rings is 1. The summed E-state index contributed by atoms with van der Waals surface area (Å²) in [5.74, 6) is 0.548. The Morgan fingerprint density at radius 2 is 1.13 bits per heavy atom. The summed E-state index contributed by atoms with van der Waals surface area (Å²) >= 11 is 0. The molecule has 0 saturated heterocycles. The normalized spacial score (nSPS) is 13.1. The molecule has 0 N–H and O–H groups in total. The summed E-state index contributed by atoms with van der Waals surface area (Å²) in [5, 5.41) is 3.95. The molecule has 67 heavy (non-hydrogen) atoms. The van der Waals surface area contributed by atoms with Crippen LogP contribution in [0.2, 0.25) is 19.6 Å². The van der Waals surface area contributed by atoms with Crippen molar-refractivity contribution in [2.45, 2.75) is 104 Å². The van der Waals surface area contributed by atoms with Crippen LogP contribution in [-0.2, 0) is 52.2 Å². The first-order chi connectivity index (χ1) is 32.2. The van der Waals surface area contributed by atoms with Gasteiger partial charge in [0.2, 0.25) is 0 Å². The molecule has 0 spiro atoms. The maximum absolute atomic E-state index is 6.78. The van der Waals surface area contributed by atoms with Gasteiger partial charge >= 0.3 is 0 Å². The molecule has 1 radical (unpaired) electrons. The predicted octanol–water partition coefficient (Wildman–Crippen LogP) is 15.8. The number of hydrogen-bond donors (Lipinski definition) is 0. The SMILES string of the molecule is CC(C)c1cc(-c2ccccc2)ncc1[Si](C)(C)C.CCc1ccnc(-c2ccccc2)c1.[Ir].c1ccc(-c2cc3c(oc4c(-c5nccc6c5CCCC6)cccc43)c3c2CCCC3)cc1. The second-order valence-corrected chi connectivity index (χ2v) is 24.4. The standard InChI is InChI=1S/C31H27NO.C17H23NSi.C13H13N.Ir/c1-2-9-20(10-3-1)27-19-28-25-15-8-16-26(29-22-12-5-4-11-21(22)17-18-32-29)30(25)33-31(28)24-14-7-6-13-23(24)27;1-13(2)15-11-16(14-9-7-6-8-10-14)18-12-17(15)19(3,4)5;1-2-11-8-9-14-13(10-11)12-6-4-3-5-7-12;/h1-3,8-10,15-19H,4-7,11-14H2;6-13H,1-5H3;3-10H,2H2,1H3;. The topological polar surface area (TPSA) is 51.8 Å². The van der Waals surface area contributed by atoms with Crippen LogP contribution in [0.5, 0.6) is 0 Å². The number of hydrogen-bond acceptors (Lipinski definition) is 4. The number of aromatic nitrogens is 3. The number of nitrogens with zero attached hydrogens (tertiary/aromatic N) is 3. The molecular weight excluding hydrogens is 1010 g/mol. The van der Waals surface area contributed by atoms with Crippen LogP contribution < -0.4 is 5.19 Å². The number of rotatable bonds is 7. The summed E-state index contributed by atoms with van der Waals surface area (Å²) in [7, 11) is -1.33. The van der Waals surface area contributed by atoms with Crippen LogP contribution in [0, 0.1) is 0 Å². The first-order valence-electron chi connectivity index (χ1n) is 24.3. The Morgan fingerprint density at radius 1 is 0.537 bits per heavy atom. The zero-order chi connectivity index (χ0) is 45.6. The van der Waals surface area contributed by atoms with Gasteiger partial charge in [0.05, 0.1) is 25.2 Å². The molecule has 0 atom stereocenters. The minimum absolute atomic E-state index is 0. The van der Waals surface area contributed by atoms with Gasteiger partial charge in [-0.3, -0.25) is 15.0 Å². The molecule has 2 aliphatic rings. The van der Waals surface area contributed by atoms with Gasteiger partial charge in [0.25, 0.3) is 0 Å². The summed E-state index contributed by atoms with van der Waals surface area (Å²) in [6, 6.07) is 49.3. The van der Waals surface area contributed by atoms with Gasteiger partial charge in [-0.1, -0.05) is 144 Å². The van der Waals surface area contributed by atoms with E-state index in [1.165, 1.54) is 97.3 Å². The smallest absolute Gasteiger partial charge is 0.144 e. The van der Waals surface area contributed by atoms with Crippen LogP contribution in [-0.4, -0.2) is 23.0 Å². The van der Waals surface area contributed by atoms with E-state index in [1.54, 1.807) is 0 Å². The largest absolute Gasteiger partial charge is 0.455 e. The maximum atomic E-state index is 6.78. The van der Waals surface area contributed by atoms with Crippen LogP contribution in [0.4, 0.5) is 0 Å². The summed E-state index contributed by atoms with van der Waals surface area (Å²) in [5.41, 5.74) is 20.2. The minimum Gasteiger partial charge on any atom is -0.455 e. The third-order valence-corrected chi connectivity index (χ3v) is 15.5. The molecule has 2 aliphatic carbocycles. The van der Waals surface area contributed by atoms with E-state index in [9.17, 15) is 0 Å². The number of para-hydroxylation sites is 1. The Bertz CT molecular complexity index is 3080. The van der Waals surface area contributed by atoms with E-state index in [-0.39, 0.29) is 20.1 Å². The van der Waals surface area contributed by atoms with Crippen LogP contribution >= 0.6 is 0 Å². The monoisotopic (exact) mass is 1070 g/mol. The molecule has 4 aromatic heterocycles. The van der Waals surface area contributed by atoms with Crippen LogP contribution in [0.15, 0.2) is 163 Å². The number of fused-ring (bicyclic) bond motifs is 6. The van der Waals surface area contributed by atoms with E-state index < -0.39 is 8.07 Å². The number of aryl methyl sites for hydroxylation is 3. The Hall–Kier alpha value is -5.78. The average molecular weight is 1070 g/mol. The molecule has 4 heterocycles. The molecule has 341 valence electrons. The molecule has 0 unspecified atom stereocenters. The molecular formula is C61H63IrN3OSi. The quantitative estimate of drug-likeness (QED) is 0.149. The molecule has 0 saturated carbocycles. The van der Waals surface area contributed by atoms with Crippen molar-refractivity contribution in [2.75, 3.05) is 0 Å². The fraction of sp³-hybridized carbons (Fsp3) is 0.262. The van der Waals surface area contributed by atoms with Gasteiger partial charge in [0.1, 0.15) is 11.2 Å². The second kappa shape index (κ2) is 21.5. The minimum atomic E-state index is -1.33. The maximum Gasteiger partial charge on any atom is 0.144 e. The predicted molar refractivity (Wildman–Crippen MR) is 281 cm³/mol. The first-order valence-corrected chi connectivity index (χ1v) is 27.8. The number of benzene rings is 5. The van der Waals surface area contributed by atoms with Crippen LogP contribution in [0.25, 0.3) is 66.8 Å². The second-order valence-electron chi connectivity index (χ2n) is 19.3. The summed E-state index contributed by atoms with van der Waals surface area (Å²) in [6.07, 6.45) is 16.5. The zero-order valence-electron chi connectivity index (χ0n) is 40.0.